The van der Waals surface area contributed by atoms with E-state index in [0.29, 0.717) is 41.9 Å². The number of hydrogen-bond donors (Lipinski definition) is 1. The average molecular weight is 715 g/mol. The number of anilines is 1. The topological polar surface area (TPSA) is 105 Å². The van der Waals surface area contributed by atoms with Crippen LogP contribution in [0.5, 0.6) is 0 Å². The van der Waals surface area contributed by atoms with Crippen molar-refractivity contribution in [2.45, 2.75) is 89.4 Å². The van der Waals surface area contributed by atoms with E-state index in [-0.39, 0.29) is 23.3 Å². The highest BCUT2D eigenvalue weighted by atomic mass is 28.4. The van der Waals surface area contributed by atoms with Gasteiger partial charge in [-0.05, 0) is 62.0 Å². The summed E-state index contributed by atoms with van der Waals surface area (Å²) in [5, 5.41) is 15.0. The normalized spacial score (nSPS) is 17.1. The Labute approximate surface area is 308 Å². The molecule has 0 bridgehead atoms. The van der Waals surface area contributed by atoms with Crippen LogP contribution in [0.15, 0.2) is 104 Å². The van der Waals surface area contributed by atoms with Gasteiger partial charge in [0, 0.05) is 25.3 Å². The standard InChI is InChI=1S/C42H50N6O3Si/c1-40(2,3)50-39(49)47-27-34(24-35(28-47)51-52(7,8)41(4,5)6)46-37-36-30(25-43)26-48(38(36)45-29-44-37)42(31-18-12-9-13-19-31,32-20-14-10-15-21-32)33-22-16-11-17-23-33/h9-23,26,29,34-35H,24,27-28H2,1-8H3,(H,44,45,46)/t34-,35+/m1/s1. The second-order valence-electron chi connectivity index (χ2n) is 16.2. The molecule has 6 rings (SSSR count). The highest BCUT2D eigenvalue weighted by molar-refractivity contribution is 6.74. The maximum absolute atomic E-state index is 13.5. The fourth-order valence-electron chi connectivity index (χ4n) is 6.97. The molecule has 1 aliphatic rings. The lowest BCUT2D eigenvalue weighted by Crippen LogP contribution is -2.56. The minimum atomic E-state index is -2.18. The fourth-order valence-corrected chi connectivity index (χ4v) is 8.33. The molecule has 5 aromatic rings. The lowest BCUT2D eigenvalue weighted by molar-refractivity contribution is 0.00391. The lowest BCUT2D eigenvalue weighted by Gasteiger charge is -2.44. The highest BCUT2D eigenvalue weighted by Gasteiger charge is 2.43. The van der Waals surface area contributed by atoms with Crippen LogP contribution >= 0.6 is 0 Å². The lowest BCUT2D eigenvalue weighted by atomic mass is 9.76. The second kappa shape index (κ2) is 14.2. The number of piperidine rings is 1. The molecule has 3 heterocycles. The summed E-state index contributed by atoms with van der Waals surface area (Å²) in [5.41, 5.74) is 2.61. The van der Waals surface area contributed by atoms with Crippen LogP contribution in [0.1, 0.15) is 70.2 Å². The van der Waals surface area contributed by atoms with E-state index in [9.17, 15) is 10.1 Å². The Morgan fingerprint density at radius 3 is 1.87 bits per heavy atom. The predicted octanol–water partition coefficient (Wildman–Crippen LogP) is 8.95. The molecule has 0 unspecified atom stereocenters. The molecule has 0 aliphatic carbocycles. The molecule has 52 heavy (non-hydrogen) atoms. The number of likely N-dealkylation sites (tertiary alicyclic amines) is 1. The SMILES string of the molecule is CC(C)(C)OC(=O)N1C[C@H](Nc2ncnc3c2c(C#N)cn3C(c2ccccc2)(c2ccccc2)c2ccccc2)C[C@H](O[Si](C)(C)C(C)(C)C)C1. The van der Waals surface area contributed by atoms with E-state index in [1.54, 1.807) is 11.2 Å². The third-order valence-corrected chi connectivity index (χ3v) is 14.8. The number of rotatable bonds is 8. The van der Waals surface area contributed by atoms with Gasteiger partial charge in [0.2, 0.25) is 0 Å². The van der Waals surface area contributed by atoms with Gasteiger partial charge in [-0.2, -0.15) is 5.26 Å². The van der Waals surface area contributed by atoms with Crippen LogP contribution in [0.2, 0.25) is 18.1 Å². The zero-order valence-electron chi connectivity index (χ0n) is 31.6. The molecular formula is C42H50N6O3Si. The first kappa shape index (κ1) is 36.8. The van der Waals surface area contributed by atoms with Gasteiger partial charge in [0.15, 0.2) is 8.32 Å². The van der Waals surface area contributed by atoms with E-state index in [0.717, 1.165) is 16.7 Å². The molecule has 1 fully saturated rings. The van der Waals surface area contributed by atoms with Gasteiger partial charge in [-0.15, -0.1) is 0 Å². The van der Waals surface area contributed by atoms with Crippen molar-refractivity contribution in [3.63, 3.8) is 0 Å². The Bertz CT molecular complexity index is 1950. The summed E-state index contributed by atoms with van der Waals surface area (Å²) in [7, 11) is -2.18. The van der Waals surface area contributed by atoms with Crippen molar-refractivity contribution in [1.82, 2.24) is 19.4 Å². The Balaban J connectivity index is 1.49. The minimum absolute atomic E-state index is 0.00366. The maximum Gasteiger partial charge on any atom is 0.410 e. The van der Waals surface area contributed by atoms with Crippen LogP contribution in [0.25, 0.3) is 11.0 Å². The van der Waals surface area contributed by atoms with Gasteiger partial charge in [0.1, 0.15) is 35.0 Å². The van der Waals surface area contributed by atoms with E-state index in [4.69, 9.17) is 19.1 Å². The molecule has 10 heteroatoms. The number of nitrogens with zero attached hydrogens (tertiary/aromatic N) is 5. The van der Waals surface area contributed by atoms with Gasteiger partial charge in [-0.3, -0.25) is 0 Å². The van der Waals surface area contributed by atoms with Crippen LogP contribution in [-0.2, 0) is 14.7 Å². The van der Waals surface area contributed by atoms with Gasteiger partial charge < -0.3 is 23.9 Å². The van der Waals surface area contributed by atoms with Crippen molar-refractivity contribution in [1.29, 1.82) is 5.26 Å². The largest absolute Gasteiger partial charge is 0.444 e. The molecule has 3 aromatic carbocycles. The summed E-state index contributed by atoms with van der Waals surface area (Å²) >= 11 is 0. The van der Waals surface area contributed by atoms with Gasteiger partial charge in [0.05, 0.1) is 17.1 Å². The van der Waals surface area contributed by atoms with Crippen LogP contribution in [0.4, 0.5) is 10.6 Å². The van der Waals surface area contributed by atoms with Crippen molar-refractivity contribution in [3.8, 4) is 6.07 Å². The maximum atomic E-state index is 13.5. The Kier molecular flexibility index (Phi) is 10.1. The Morgan fingerprint density at radius 1 is 0.846 bits per heavy atom. The smallest absolute Gasteiger partial charge is 0.410 e. The molecule has 1 N–H and O–H groups in total. The van der Waals surface area contributed by atoms with Gasteiger partial charge in [-0.1, -0.05) is 112 Å². The first-order valence-electron chi connectivity index (χ1n) is 18.0. The third kappa shape index (κ3) is 7.21. The molecule has 0 radical (unpaired) electrons. The number of carbonyl (C=O) groups excluding carboxylic acids is 1. The van der Waals surface area contributed by atoms with Gasteiger partial charge in [0.25, 0.3) is 0 Å². The third-order valence-electron chi connectivity index (χ3n) is 10.3. The summed E-state index contributed by atoms with van der Waals surface area (Å²) in [6.07, 6.45) is 3.51. The summed E-state index contributed by atoms with van der Waals surface area (Å²) < 4.78 is 14.9. The van der Waals surface area contributed by atoms with E-state index in [1.165, 1.54) is 0 Å². The first-order valence-corrected chi connectivity index (χ1v) is 20.9. The molecule has 270 valence electrons. The van der Waals surface area contributed by atoms with Crippen molar-refractivity contribution < 1.29 is 14.0 Å². The fraction of sp³-hybridized carbons (Fsp3) is 0.381. The van der Waals surface area contributed by atoms with Gasteiger partial charge >= 0.3 is 6.09 Å². The molecule has 1 saturated heterocycles. The van der Waals surface area contributed by atoms with Crippen molar-refractivity contribution in [2.24, 2.45) is 0 Å². The zero-order valence-corrected chi connectivity index (χ0v) is 32.6. The van der Waals surface area contributed by atoms with Crippen LogP contribution in [-0.4, -0.2) is 64.7 Å². The van der Waals surface area contributed by atoms with Crippen molar-refractivity contribution in [3.05, 3.63) is 126 Å². The van der Waals surface area contributed by atoms with Crippen LogP contribution in [0.3, 0.4) is 0 Å². The quantitative estimate of drug-likeness (QED) is 0.126. The number of fused-ring (bicyclic) bond motifs is 1. The molecular weight excluding hydrogens is 665 g/mol. The monoisotopic (exact) mass is 714 g/mol. The number of amides is 1. The first-order chi connectivity index (χ1) is 24.6. The minimum Gasteiger partial charge on any atom is -0.444 e. The van der Waals surface area contributed by atoms with Crippen LogP contribution in [0, 0.1) is 11.3 Å². The number of carbonyl (C=O) groups is 1. The Hall–Kier alpha value is -4.98. The van der Waals surface area contributed by atoms with E-state index >= 15 is 0 Å². The molecule has 2 atom stereocenters. The van der Waals surface area contributed by atoms with Crippen molar-refractivity contribution >= 4 is 31.3 Å². The second-order valence-corrected chi connectivity index (χ2v) is 21.0. The number of aromatic nitrogens is 3. The predicted molar refractivity (Wildman–Crippen MR) is 209 cm³/mol. The molecule has 1 amide bonds. The molecule has 0 spiro atoms. The number of nitriles is 1. The summed E-state index contributed by atoms with van der Waals surface area (Å²) in [6.45, 7) is 17.6. The van der Waals surface area contributed by atoms with Gasteiger partial charge in [-0.25, -0.2) is 14.8 Å². The summed E-state index contributed by atoms with van der Waals surface area (Å²) in [5.74, 6) is 0.533. The molecule has 2 aromatic heterocycles. The number of hydrogen-bond acceptors (Lipinski definition) is 7. The molecule has 9 nitrogen and oxygen atoms in total. The average Bonchev–Trinajstić information content (AvgIpc) is 3.48. The van der Waals surface area contributed by atoms with Crippen molar-refractivity contribution in [2.75, 3.05) is 18.4 Å². The summed E-state index contributed by atoms with van der Waals surface area (Å²) in [4.78, 5) is 24.9. The van der Waals surface area contributed by atoms with Crippen LogP contribution < -0.4 is 5.32 Å². The highest BCUT2D eigenvalue weighted by Crippen LogP contribution is 2.44. The number of ether oxygens (including phenoxy) is 1. The molecule has 0 saturated carbocycles. The Morgan fingerprint density at radius 2 is 1.38 bits per heavy atom. The van der Waals surface area contributed by atoms with E-state index in [1.807, 2.05) is 81.6 Å². The van der Waals surface area contributed by atoms with E-state index in [2.05, 4.69) is 86.2 Å². The van der Waals surface area contributed by atoms with E-state index < -0.39 is 19.5 Å². The number of benzene rings is 3. The number of nitrogens with one attached hydrogen (secondary N) is 1. The summed E-state index contributed by atoms with van der Waals surface area (Å²) in [6, 6.07) is 33.2. The zero-order chi connectivity index (χ0) is 37.3. The molecule has 1 aliphatic heterocycles.